The van der Waals surface area contributed by atoms with E-state index in [1.165, 1.54) is 36.1 Å². The van der Waals surface area contributed by atoms with Crippen LogP contribution < -0.4 is 24.4 Å². The Balaban J connectivity index is 1.55. The molecule has 0 unspecified atom stereocenters. The van der Waals surface area contributed by atoms with Crippen molar-refractivity contribution in [3.8, 4) is 17.2 Å². The molecule has 0 aliphatic carbocycles. The van der Waals surface area contributed by atoms with Crippen molar-refractivity contribution < 1.29 is 19.0 Å². The predicted octanol–water partition coefficient (Wildman–Crippen LogP) is 3.66. The first-order valence-corrected chi connectivity index (χ1v) is 11.7. The molecule has 2 aromatic carbocycles. The standard InChI is InChI=1S/C26H35N3O4/c1-28-11-7-8-18-14-19(9-10-21(18)28)22(29-12-5-6-13-29)17-27-26(30)20-15-23(31-2)25(33-4)24(16-20)32-3/h9-10,14-16,22H,5-8,11-13,17H2,1-4H3,(H,27,30)/t22-/m0/s1. The van der Waals surface area contributed by atoms with Crippen LogP contribution in [0.25, 0.3) is 0 Å². The van der Waals surface area contributed by atoms with Crippen LogP contribution in [0.15, 0.2) is 30.3 Å². The summed E-state index contributed by atoms with van der Waals surface area (Å²) >= 11 is 0. The molecule has 7 nitrogen and oxygen atoms in total. The molecule has 1 atom stereocenters. The molecule has 1 saturated heterocycles. The van der Waals surface area contributed by atoms with Crippen molar-refractivity contribution in [2.75, 3.05) is 59.5 Å². The molecule has 33 heavy (non-hydrogen) atoms. The van der Waals surface area contributed by atoms with Gasteiger partial charge in [-0.15, -0.1) is 0 Å². The van der Waals surface area contributed by atoms with Crippen molar-refractivity contribution in [1.29, 1.82) is 0 Å². The molecule has 2 aromatic rings. The fourth-order valence-electron chi connectivity index (χ4n) is 5.03. The van der Waals surface area contributed by atoms with Gasteiger partial charge < -0.3 is 24.4 Å². The van der Waals surface area contributed by atoms with Gasteiger partial charge in [-0.2, -0.15) is 0 Å². The lowest BCUT2D eigenvalue weighted by Gasteiger charge is -2.32. The molecule has 2 aliphatic rings. The Morgan fingerprint density at radius 2 is 1.67 bits per heavy atom. The largest absolute Gasteiger partial charge is 0.493 e. The summed E-state index contributed by atoms with van der Waals surface area (Å²) in [6.07, 6.45) is 4.69. The molecule has 178 valence electrons. The summed E-state index contributed by atoms with van der Waals surface area (Å²) in [4.78, 5) is 17.9. The Kier molecular flexibility index (Phi) is 7.28. The van der Waals surface area contributed by atoms with E-state index >= 15 is 0 Å². The van der Waals surface area contributed by atoms with E-state index in [2.05, 4.69) is 40.4 Å². The number of hydrogen-bond donors (Lipinski definition) is 1. The maximum atomic E-state index is 13.1. The number of benzene rings is 2. The van der Waals surface area contributed by atoms with Gasteiger partial charge >= 0.3 is 0 Å². The normalized spacial score (nSPS) is 16.8. The maximum absolute atomic E-state index is 13.1. The Hall–Kier alpha value is -2.93. The molecule has 7 heteroatoms. The molecule has 2 heterocycles. The number of nitrogens with zero attached hydrogens (tertiary/aromatic N) is 2. The van der Waals surface area contributed by atoms with Crippen LogP contribution in [0.5, 0.6) is 17.2 Å². The highest BCUT2D eigenvalue weighted by Gasteiger charge is 2.26. The molecule has 0 spiro atoms. The molecule has 1 amide bonds. The van der Waals surface area contributed by atoms with Crippen LogP contribution >= 0.6 is 0 Å². The summed E-state index contributed by atoms with van der Waals surface area (Å²) in [5.41, 5.74) is 4.49. The SMILES string of the molecule is COc1cc(C(=O)NC[C@@H](c2ccc3c(c2)CCCN3C)N2CCCC2)cc(OC)c1OC. The lowest BCUT2D eigenvalue weighted by Crippen LogP contribution is -2.37. The summed E-state index contributed by atoms with van der Waals surface area (Å²) in [5, 5.41) is 3.16. The second-order valence-electron chi connectivity index (χ2n) is 8.80. The third-order valence-electron chi connectivity index (χ3n) is 6.80. The number of anilines is 1. The van der Waals surface area contributed by atoms with Crippen molar-refractivity contribution in [3.63, 3.8) is 0 Å². The maximum Gasteiger partial charge on any atom is 0.251 e. The highest BCUT2D eigenvalue weighted by atomic mass is 16.5. The molecule has 2 aliphatic heterocycles. The van der Waals surface area contributed by atoms with Gasteiger partial charge in [-0.05, 0) is 68.1 Å². The molecule has 4 rings (SSSR count). The number of fused-ring (bicyclic) bond motifs is 1. The zero-order chi connectivity index (χ0) is 23.4. The van der Waals surface area contributed by atoms with E-state index in [1.54, 1.807) is 33.5 Å². The van der Waals surface area contributed by atoms with E-state index in [-0.39, 0.29) is 11.9 Å². The summed E-state index contributed by atoms with van der Waals surface area (Å²) in [5.74, 6) is 1.26. The van der Waals surface area contributed by atoms with Crippen LogP contribution in [-0.2, 0) is 6.42 Å². The second-order valence-corrected chi connectivity index (χ2v) is 8.80. The predicted molar refractivity (Wildman–Crippen MR) is 130 cm³/mol. The summed E-state index contributed by atoms with van der Waals surface area (Å²) < 4.78 is 16.2. The molecule has 0 radical (unpaired) electrons. The van der Waals surface area contributed by atoms with Crippen LogP contribution in [-0.4, -0.2) is 65.4 Å². The van der Waals surface area contributed by atoms with Crippen molar-refractivity contribution in [1.82, 2.24) is 10.2 Å². The molecular formula is C26H35N3O4. The number of likely N-dealkylation sites (tertiary alicyclic amines) is 1. The minimum Gasteiger partial charge on any atom is -0.493 e. The third-order valence-corrected chi connectivity index (χ3v) is 6.80. The highest BCUT2D eigenvalue weighted by molar-refractivity contribution is 5.95. The summed E-state index contributed by atoms with van der Waals surface area (Å²) in [7, 11) is 6.82. The number of amides is 1. The second kappa shape index (κ2) is 10.3. The lowest BCUT2D eigenvalue weighted by molar-refractivity contribution is 0.0937. The molecular weight excluding hydrogens is 418 g/mol. The van der Waals surface area contributed by atoms with Crippen LogP contribution in [0.3, 0.4) is 0 Å². The van der Waals surface area contributed by atoms with Crippen molar-refractivity contribution in [3.05, 3.63) is 47.0 Å². The van der Waals surface area contributed by atoms with Crippen LogP contribution in [0.2, 0.25) is 0 Å². The minimum atomic E-state index is -0.156. The van der Waals surface area contributed by atoms with Crippen molar-refractivity contribution >= 4 is 11.6 Å². The van der Waals surface area contributed by atoms with E-state index < -0.39 is 0 Å². The number of nitrogens with one attached hydrogen (secondary N) is 1. The Labute approximate surface area is 196 Å². The quantitative estimate of drug-likeness (QED) is 0.658. The molecule has 1 fully saturated rings. The van der Waals surface area contributed by atoms with Crippen molar-refractivity contribution in [2.24, 2.45) is 0 Å². The molecule has 0 aromatic heterocycles. The fourth-order valence-corrected chi connectivity index (χ4v) is 5.03. The van der Waals surface area contributed by atoms with Crippen LogP contribution in [0.1, 0.15) is 46.8 Å². The van der Waals surface area contributed by atoms with E-state index in [0.717, 1.165) is 26.1 Å². The summed E-state index contributed by atoms with van der Waals surface area (Å²) in [6, 6.07) is 10.4. The Bertz CT molecular complexity index is 962. The fraction of sp³-hybridized carbons (Fsp3) is 0.500. The number of ether oxygens (including phenoxy) is 3. The van der Waals surface area contributed by atoms with Crippen molar-refractivity contribution in [2.45, 2.75) is 31.7 Å². The van der Waals surface area contributed by atoms with E-state index in [9.17, 15) is 4.79 Å². The average Bonchev–Trinajstić information content (AvgIpc) is 3.37. The van der Waals surface area contributed by atoms with Gasteiger partial charge in [0.1, 0.15) is 0 Å². The zero-order valence-corrected chi connectivity index (χ0v) is 20.1. The monoisotopic (exact) mass is 453 g/mol. The van der Waals surface area contributed by atoms with E-state index in [4.69, 9.17) is 14.2 Å². The first-order chi connectivity index (χ1) is 16.0. The van der Waals surface area contributed by atoms with Gasteiger partial charge in [0.05, 0.1) is 27.4 Å². The topological polar surface area (TPSA) is 63.3 Å². The van der Waals surface area contributed by atoms with Gasteiger partial charge in [-0.25, -0.2) is 0 Å². The highest BCUT2D eigenvalue weighted by Crippen LogP contribution is 2.38. The summed E-state index contributed by atoms with van der Waals surface area (Å²) in [6.45, 7) is 3.76. The molecule has 1 N–H and O–H groups in total. The first-order valence-electron chi connectivity index (χ1n) is 11.7. The smallest absolute Gasteiger partial charge is 0.251 e. The third kappa shape index (κ3) is 4.88. The van der Waals surface area contributed by atoms with Crippen LogP contribution in [0, 0.1) is 0 Å². The average molecular weight is 454 g/mol. The van der Waals surface area contributed by atoms with Gasteiger partial charge in [-0.1, -0.05) is 12.1 Å². The minimum absolute atomic E-state index is 0.149. The number of carbonyl (C=O) groups excluding carboxylic acids is 1. The zero-order valence-electron chi connectivity index (χ0n) is 20.1. The number of rotatable bonds is 8. The van der Waals surface area contributed by atoms with Gasteiger partial charge in [0.15, 0.2) is 11.5 Å². The number of hydrogen-bond acceptors (Lipinski definition) is 6. The Morgan fingerprint density at radius 1 is 0.970 bits per heavy atom. The number of methoxy groups -OCH3 is 3. The molecule has 0 bridgehead atoms. The Morgan fingerprint density at radius 3 is 2.30 bits per heavy atom. The van der Waals surface area contributed by atoms with Gasteiger partial charge in [0.25, 0.3) is 5.91 Å². The van der Waals surface area contributed by atoms with Gasteiger partial charge in [0.2, 0.25) is 5.75 Å². The van der Waals surface area contributed by atoms with E-state index in [1.807, 2.05) is 0 Å². The van der Waals surface area contributed by atoms with Crippen LogP contribution in [0.4, 0.5) is 5.69 Å². The van der Waals surface area contributed by atoms with E-state index in [0.29, 0.717) is 29.4 Å². The number of aryl methyl sites for hydroxylation is 1. The first kappa shape index (κ1) is 23.2. The van der Waals surface area contributed by atoms with Gasteiger partial charge in [0, 0.05) is 31.4 Å². The molecule has 0 saturated carbocycles. The number of carbonyl (C=O) groups is 1. The van der Waals surface area contributed by atoms with Gasteiger partial charge in [-0.3, -0.25) is 9.69 Å². The lowest BCUT2D eigenvalue weighted by atomic mass is 9.96.